The lowest BCUT2D eigenvalue weighted by Gasteiger charge is -2.33. The van der Waals surface area contributed by atoms with Crippen molar-refractivity contribution in [2.45, 2.75) is 18.6 Å². The Bertz CT molecular complexity index is 1550. The average Bonchev–Trinajstić information content (AvgIpc) is 3.47. The molecule has 0 radical (unpaired) electrons. The van der Waals surface area contributed by atoms with Crippen LogP contribution in [-0.4, -0.2) is 66.8 Å². The minimum Gasteiger partial charge on any atom is -0.333 e. The molecule has 0 bridgehead atoms. The van der Waals surface area contributed by atoms with Gasteiger partial charge in [0.25, 0.3) is 10.0 Å². The number of benzene rings is 1. The van der Waals surface area contributed by atoms with E-state index in [9.17, 15) is 31.6 Å². The summed E-state index contributed by atoms with van der Waals surface area (Å²) in [5, 5.41) is 12.8. The number of halogens is 3. The molecule has 0 N–H and O–H groups in total. The highest BCUT2D eigenvalue weighted by atomic mass is 32.2. The summed E-state index contributed by atoms with van der Waals surface area (Å²) in [5.74, 6) is -0.810. The molecule has 1 aliphatic heterocycles. The number of aromatic nitrogens is 2. The Kier molecular flexibility index (Phi) is 7.51. The van der Waals surface area contributed by atoms with E-state index in [2.05, 4.69) is 11.2 Å². The van der Waals surface area contributed by atoms with Gasteiger partial charge in [-0.2, -0.15) is 27.6 Å². The van der Waals surface area contributed by atoms with Gasteiger partial charge >= 0.3 is 6.18 Å². The van der Waals surface area contributed by atoms with Gasteiger partial charge in [0, 0.05) is 35.5 Å². The summed E-state index contributed by atoms with van der Waals surface area (Å²) in [6, 6.07) is 10.2. The van der Waals surface area contributed by atoms with E-state index in [1.807, 2.05) is 19.0 Å². The predicted molar refractivity (Wildman–Crippen MR) is 137 cm³/mol. The number of nitrogens with zero attached hydrogens (tertiary/aromatic N) is 5. The molecule has 0 unspecified atom stereocenters. The zero-order valence-electron chi connectivity index (χ0n) is 20.7. The number of thiophene rings is 1. The molecule has 8 nitrogen and oxygen atoms in total. The van der Waals surface area contributed by atoms with Gasteiger partial charge in [0.05, 0.1) is 19.0 Å². The lowest BCUT2D eigenvalue weighted by Crippen LogP contribution is -2.37. The Labute approximate surface area is 222 Å². The summed E-state index contributed by atoms with van der Waals surface area (Å²) in [4.78, 5) is 17.7. The molecule has 3 heterocycles. The van der Waals surface area contributed by atoms with E-state index >= 15 is 0 Å². The Hall–Kier alpha value is -3.47. The third-order valence-electron chi connectivity index (χ3n) is 6.04. The minimum absolute atomic E-state index is 0.146. The first-order valence-electron chi connectivity index (χ1n) is 11.4. The van der Waals surface area contributed by atoms with Crippen molar-refractivity contribution < 1.29 is 26.4 Å². The molecule has 0 aliphatic carbocycles. The molecular formula is C25H24F3N5O3S2. The maximum absolute atomic E-state index is 14.0. The first-order valence-corrected chi connectivity index (χ1v) is 14.1. The van der Waals surface area contributed by atoms with Crippen molar-refractivity contribution in [1.29, 1.82) is 5.26 Å². The van der Waals surface area contributed by atoms with Crippen molar-refractivity contribution in [2.75, 3.05) is 33.4 Å². The summed E-state index contributed by atoms with van der Waals surface area (Å²) in [5.41, 5.74) is -0.347. The molecular weight excluding hydrogens is 539 g/mol. The van der Waals surface area contributed by atoms with E-state index in [0.29, 0.717) is 21.1 Å². The van der Waals surface area contributed by atoms with Crippen LogP contribution in [0, 0.1) is 11.3 Å². The number of alkyl halides is 3. The number of carbonyl (C=O) groups is 1. The first-order chi connectivity index (χ1) is 17.8. The number of likely N-dealkylation sites (N-methyl/N-ethyl adjacent to an activating group) is 1. The standard InChI is InChI=1S/C25H24F3N5O3S2/c1-31(2)10-6-9-23(34)32-13-20(19-11-16(12-29)37-22(19)15-32)17-7-4-5-8-18(17)21-14-33(38(3,35)36)30-24(21)25(26,27)28/h4-9,11,14,20H,10,13,15H2,1-3H3/b9-6+/t20-/m0/s1. The maximum atomic E-state index is 14.0. The Morgan fingerprint density at radius 1 is 1.26 bits per heavy atom. The molecule has 2 aromatic heterocycles. The molecule has 1 amide bonds. The molecule has 3 aromatic rings. The van der Waals surface area contributed by atoms with Crippen LogP contribution >= 0.6 is 11.3 Å². The van der Waals surface area contributed by atoms with Crippen LogP contribution in [0.5, 0.6) is 0 Å². The highest BCUT2D eigenvalue weighted by Crippen LogP contribution is 2.44. The fraction of sp³-hybridized carbons (Fsp3) is 0.320. The number of hydrogen-bond donors (Lipinski definition) is 0. The van der Waals surface area contributed by atoms with Crippen molar-refractivity contribution in [3.63, 3.8) is 0 Å². The minimum atomic E-state index is -4.91. The molecule has 0 saturated heterocycles. The van der Waals surface area contributed by atoms with Gasteiger partial charge in [-0.15, -0.1) is 11.3 Å². The maximum Gasteiger partial charge on any atom is 0.435 e. The van der Waals surface area contributed by atoms with Crippen LogP contribution in [0.1, 0.15) is 32.5 Å². The van der Waals surface area contributed by atoms with Crippen LogP contribution in [0.15, 0.2) is 48.7 Å². The second-order valence-corrected chi connectivity index (χ2v) is 12.1. The number of carbonyl (C=O) groups excluding carboxylic acids is 1. The SMILES string of the molecule is CN(C)C/C=C/C(=O)N1Cc2sc(C#N)cc2[C@H](c2ccccc2-c2cn(S(C)(=O)=O)nc2C(F)(F)F)C1. The van der Waals surface area contributed by atoms with E-state index in [-0.39, 0.29) is 30.1 Å². The quantitative estimate of drug-likeness (QED) is 0.422. The van der Waals surface area contributed by atoms with E-state index in [1.54, 1.807) is 35.2 Å². The molecule has 1 atom stereocenters. The van der Waals surface area contributed by atoms with E-state index in [1.165, 1.54) is 23.5 Å². The van der Waals surface area contributed by atoms with Crippen LogP contribution in [0.3, 0.4) is 0 Å². The largest absolute Gasteiger partial charge is 0.435 e. The van der Waals surface area contributed by atoms with Crippen LogP contribution in [0.4, 0.5) is 13.2 Å². The molecule has 38 heavy (non-hydrogen) atoms. The van der Waals surface area contributed by atoms with Crippen molar-refractivity contribution in [3.05, 3.63) is 75.3 Å². The number of nitriles is 1. The third-order valence-corrected chi connectivity index (χ3v) is 7.94. The van der Waals surface area contributed by atoms with Gasteiger partial charge < -0.3 is 9.80 Å². The van der Waals surface area contributed by atoms with Crippen LogP contribution in [0.2, 0.25) is 0 Å². The van der Waals surface area contributed by atoms with Gasteiger partial charge in [0.2, 0.25) is 5.91 Å². The topological polar surface area (TPSA) is 99.3 Å². The molecule has 200 valence electrons. The van der Waals surface area contributed by atoms with Gasteiger partial charge in [-0.25, -0.2) is 8.42 Å². The zero-order valence-corrected chi connectivity index (χ0v) is 22.4. The zero-order chi connectivity index (χ0) is 27.8. The van der Waals surface area contributed by atoms with E-state index in [0.717, 1.165) is 22.9 Å². The normalized spacial score (nSPS) is 16.2. The van der Waals surface area contributed by atoms with Crippen LogP contribution in [-0.2, 0) is 27.5 Å². The lowest BCUT2D eigenvalue weighted by atomic mass is 9.83. The van der Waals surface area contributed by atoms with E-state index < -0.39 is 27.8 Å². The van der Waals surface area contributed by atoms with Gasteiger partial charge in [-0.3, -0.25) is 4.79 Å². The van der Waals surface area contributed by atoms with Crippen molar-refractivity contribution in [1.82, 2.24) is 19.0 Å². The van der Waals surface area contributed by atoms with Gasteiger partial charge in [0.15, 0.2) is 5.69 Å². The van der Waals surface area contributed by atoms with Gasteiger partial charge in [-0.05, 0) is 36.9 Å². The van der Waals surface area contributed by atoms with Crippen LogP contribution < -0.4 is 0 Å². The summed E-state index contributed by atoms with van der Waals surface area (Å²) in [6.45, 7) is 0.989. The van der Waals surface area contributed by atoms with Crippen LogP contribution in [0.25, 0.3) is 11.1 Å². The molecule has 0 spiro atoms. The molecule has 1 aliphatic rings. The summed E-state index contributed by atoms with van der Waals surface area (Å²) < 4.78 is 66.3. The highest BCUT2D eigenvalue weighted by Gasteiger charge is 2.40. The van der Waals surface area contributed by atoms with Gasteiger partial charge in [0.1, 0.15) is 10.9 Å². The molecule has 1 aromatic carbocycles. The predicted octanol–water partition coefficient (Wildman–Crippen LogP) is 3.90. The summed E-state index contributed by atoms with van der Waals surface area (Å²) in [6.07, 6.45) is -0.0885. The third kappa shape index (κ3) is 5.67. The molecule has 4 rings (SSSR count). The number of amides is 1. The highest BCUT2D eigenvalue weighted by molar-refractivity contribution is 7.89. The smallest absolute Gasteiger partial charge is 0.333 e. The summed E-state index contributed by atoms with van der Waals surface area (Å²) >= 11 is 1.24. The second kappa shape index (κ2) is 10.4. The monoisotopic (exact) mass is 563 g/mol. The Morgan fingerprint density at radius 2 is 1.97 bits per heavy atom. The average molecular weight is 564 g/mol. The number of hydrogen-bond acceptors (Lipinski definition) is 7. The molecule has 0 fully saturated rings. The summed E-state index contributed by atoms with van der Waals surface area (Å²) in [7, 11) is -0.355. The number of rotatable bonds is 6. The fourth-order valence-electron chi connectivity index (χ4n) is 4.35. The van der Waals surface area contributed by atoms with Crippen molar-refractivity contribution >= 4 is 27.3 Å². The molecule has 13 heteroatoms. The van der Waals surface area contributed by atoms with Gasteiger partial charge in [-0.1, -0.05) is 30.3 Å². The first kappa shape index (κ1) is 27.6. The second-order valence-electron chi connectivity index (χ2n) is 9.15. The Morgan fingerprint density at radius 3 is 2.61 bits per heavy atom. The molecule has 0 saturated carbocycles. The van der Waals surface area contributed by atoms with E-state index in [4.69, 9.17) is 0 Å². The lowest BCUT2D eigenvalue weighted by molar-refractivity contribution is -0.140. The number of fused-ring (bicyclic) bond motifs is 1. The van der Waals surface area contributed by atoms with Crippen molar-refractivity contribution in [3.8, 4) is 17.2 Å². The fourth-order valence-corrected chi connectivity index (χ4v) is 5.92. The Balaban J connectivity index is 1.85. The van der Waals surface area contributed by atoms with Crippen molar-refractivity contribution in [2.24, 2.45) is 0 Å².